The van der Waals surface area contributed by atoms with Gasteiger partial charge in [0.2, 0.25) is 5.91 Å². The van der Waals surface area contributed by atoms with Crippen molar-refractivity contribution in [3.8, 4) is 5.75 Å². The van der Waals surface area contributed by atoms with E-state index in [0.29, 0.717) is 0 Å². The Morgan fingerprint density at radius 1 is 1.00 bits per heavy atom. The van der Waals surface area contributed by atoms with Gasteiger partial charge >= 0.3 is 6.36 Å². The molecule has 0 fully saturated rings. The molecular formula is C17H14ClF3N2O3. The van der Waals surface area contributed by atoms with Crippen molar-refractivity contribution in [2.45, 2.75) is 12.9 Å². The minimum absolute atomic E-state index is 0.149. The van der Waals surface area contributed by atoms with Crippen molar-refractivity contribution in [3.63, 3.8) is 0 Å². The van der Waals surface area contributed by atoms with Gasteiger partial charge in [0.15, 0.2) is 0 Å². The molecule has 2 amide bonds. The van der Waals surface area contributed by atoms with E-state index >= 15 is 0 Å². The molecule has 2 N–H and O–H groups in total. The van der Waals surface area contributed by atoms with Crippen molar-refractivity contribution in [1.29, 1.82) is 0 Å². The molecule has 0 saturated heterocycles. The predicted octanol–water partition coefficient (Wildman–Crippen LogP) is 3.28. The number of carbonyl (C=O) groups is 2. The lowest BCUT2D eigenvalue weighted by Crippen LogP contribution is -2.36. The number of amides is 2. The minimum Gasteiger partial charge on any atom is -0.405 e. The zero-order valence-electron chi connectivity index (χ0n) is 13.3. The van der Waals surface area contributed by atoms with Crippen molar-refractivity contribution in [2.75, 3.05) is 6.54 Å². The summed E-state index contributed by atoms with van der Waals surface area (Å²) >= 11 is 5.88. The number of rotatable bonds is 6. The number of hydrogen-bond acceptors (Lipinski definition) is 3. The third kappa shape index (κ3) is 5.96. The standard InChI is InChI=1S/C17H14ClF3N2O3/c18-13-7-3-2-6-12(13)16(25)23-10-15(24)22-9-11-5-1-4-8-14(11)26-17(19,20)21/h1-8H,9-10H2,(H,22,24)(H,23,25). The molecule has 0 aliphatic carbocycles. The maximum absolute atomic E-state index is 12.4. The molecule has 26 heavy (non-hydrogen) atoms. The van der Waals surface area contributed by atoms with Crippen molar-refractivity contribution >= 4 is 23.4 Å². The van der Waals surface area contributed by atoms with E-state index in [1.54, 1.807) is 12.1 Å². The summed E-state index contributed by atoms with van der Waals surface area (Å²) in [5.41, 5.74) is 0.362. The Bertz CT molecular complexity index is 797. The highest BCUT2D eigenvalue weighted by molar-refractivity contribution is 6.33. The van der Waals surface area contributed by atoms with Crippen LogP contribution in [0.2, 0.25) is 5.02 Å². The van der Waals surface area contributed by atoms with Crippen LogP contribution in [0.5, 0.6) is 5.75 Å². The topological polar surface area (TPSA) is 67.4 Å². The van der Waals surface area contributed by atoms with E-state index in [9.17, 15) is 22.8 Å². The van der Waals surface area contributed by atoms with E-state index in [-0.39, 0.29) is 29.2 Å². The molecule has 138 valence electrons. The third-order valence-corrected chi connectivity index (χ3v) is 3.53. The summed E-state index contributed by atoms with van der Waals surface area (Å²) in [6.07, 6.45) is -4.83. The Hall–Kier alpha value is -2.74. The Morgan fingerprint density at radius 2 is 1.65 bits per heavy atom. The minimum atomic E-state index is -4.83. The molecule has 0 heterocycles. The number of para-hydroxylation sites is 1. The fourth-order valence-corrected chi connectivity index (χ4v) is 2.25. The predicted molar refractivity (Wildman–Crippen MR) is 88.8 cm³/mol. The second kappa shape index (κ2) is 8.57. The smallest absolute Gasteiger partial charge is 0.405 e. The second-order valence-corrected chi connectivity index (χ2v) is 5.50. The molecule has 2 aromatic rings. The second-order valence-electron chi connectivity index (χ2n) is 5.09. The Morgan fingerprint density at radius 3 is 2.35 bits per heavy atom. The van der Waals surface area contributed by atoms with E-state index in [4.69, 9.17) is 11.6 Å². The van der Waals surface area contributed by atoms with Gasteiger partial charge in [-0.15, -0.1) is 13.2 Å². The third-order valence-electron chi connectivity index (χ3n) is 3.20. The van der Waals surface area contributed by atoms with E-state index < -0.39 is 23.9 Å². The molecule has 0 bridgehead atoms. The van der Waals surface area contributed by atoms with Gasteiger partial charge in [-0.3, -0.25) is 9.59 Å². The van der Waals surface area contributed by atoms with Gasteiger partial charge in [-0.1, -0.05) is 41.9 Å². The lowest BCUT2D eigenvalue weighted by molar-refractivity contribution is -0.274. The largest absolute Gasteiger partial charge is 0.573 e. The number of benzene rings is 2. The molecule has 0 unspecified atom stereocenters. The lowest BCUT2D eigenvalue weighted by Gasteiger charge is -2.13. The number of hydrogen-bond donors (Lipinski definition) is 2. The Labute approximate surface area is 152 Å². The van der Waals surface area contributed by atoms with Crippen LogP contribution < -0.4 is 15.4 Å². The van der Waals surface area contributed by atoms with Gasteiger partial charge in [0, 0.05) is 12.1 Å². The van der Waals surface area contributed by atoms with E-state index in [1.165, 1.54) is 30.3 Å². The first-order valence-electron chi connectivity index (χ1n) is 7.39. The first-order valence-corrected chi connectivity index (χ1v) is 7.77. The van der Waals surface area contributed by atoms with E-state index in [1.807, 2.05) is 0 Å². The van der Waals surface area contributed by atoms with Crippen LogP contribution >= 0.6 is 11.6 Å². The quantitative estimate of drug-likeness (QED) is 0.800. The van der Waals surface area contributed by atoms with E-state index in [2.05, 4.69) is 15.4 Å². The number of nitrogens with one attached hydrogen (secondary N) is 2. The summed E-state index contributed by atoms with van der Waals surface area (Å²) in [7, 11) is 0. The lowest BCUT2D eigenvalue weighted by atomic mass is 10.2. The van der Waals surface area contributed by atoms with Crippen molar-refractivity contribution < 1.29 is 27.5 Å². The Kier molecular flexibility index (Phi) is 6.46. The van der Waals surface area contributed by atoms with Gasteiger partial charge in [-0.25, -0.2) is 0 Å². The van der Waals surface area contributed by atoms with Gasteiger partial charge in [0.1, 0.15) is 5.75 Å². The van der Waals surface area contributed by atoms with Crippen molar-refractivity contribution in [2.24, 2.45) is 0 Å². The van der Waals surface area contributed by atoms with Gasteiger partial charge in [-0.05, 0) is 18.2 Å². The molecule has 0 aliphatic heterocycles. The number of halogens is 4. The molecule has 0 radical (unpaired) electrons. The van der Waals surface area contributed by atoms with Crippen LogP contribution in [0.25, 0.3) is 0 Å². The van der Waals surface area contributed by atoms with E-state index in [0.717, 1.165) is 6.07 Å². The molecule has 0 aliphatic rings. The van der Waals surface area contributed by atoms with Crippen molar-refractivity contribution in [1.82, 2.24) is 10.6 Å². The maximum Gasteiger partial charge on any atom is 0.573 e. The summed E-state index contributed by atoms with van der Waals surface area (Å²) in [5.74, 6) is -1.51. The van der Waals surface area contributed by atoms with Crippen molar-refractivity contribution in [3.05, 3.63) is 64.7 Å². The van der Waals surface area contributed by atoms with Crippen LogP contribution in [-0.2, 0) is 11.3 Å². The summed E-state index contributed by atoms with van der Waals surface area (Å²) in [4.78, 5) is 23.7. The van der Waals surface area contributed by atoms with Crippen LogP contribution in [0.15, 0.2) is 48.5 Å². The monoisotopic (exact) mass is 386 g/mol. The molecular weight excluding hydrogens is 373 g/mol. The first-order chi connectivity index (χ1) is 12.3. The molecule has 2 rings (SSSR count). The molecule has 0 spiro atoms. The number of alkyl halides is 3. The molecule has 9 heteroatoms. The highest BCUT2D eigenvalue weighted by atomic mass is 35.5. The van der Waals surface area contributed by atoms with Gasteiger partial charge in [-0.2, -0.15) is 0 Å². The average Bonchev–Trinajstić information content (AvgIpc) is 2.58. The zero-order chi connectivity index (χ0) is 19.2. The van der Waals surface area contributed by atoms with Gasteiger partial charge < -0.3 is 15.4 Å². The first kappa shape index (κ1) is 19.6. The normalized spacial score (nSPS) is 10.9. The fourth-order valence-electron chi connectivity index (χ4n) is 2.03. The summed E-state index contributed by atoms with van der Waals surface area (Å²) < 4.78 is 41.0. The number of ether oxygens (including phenoxy) is 1. The summed E-state index contributed by atoms with van der Waals surface area (Å²) in [5, 5.41) is 5.03. The number of carbonyl (C=O) groups excluding carboxylic acids is 2. The van der Waals surface area contributed by atoms with Crippen LogP contribution in [0.1, 0.15) is 15.9 Å². The van der Waals surface area contributed by atoms with Crippen LogP contribution in [-0.4, -0.2) is 24.7 Å². The SMILES string of the molecule is O=C(CNC(=O)c1ccccc1Cl)NCc1ccccc1OC(F)(F)F. The van der Waals surface area contributed by atoms with Crippen LogP contribution in [0, 0.1) is 0 Å². The molecule has 2 aromatic carbocycles. The fraction of sp³-hybridized carbons (Fsp3) is 0.176. The van der Waals surface area contributed by atoms with Gasteiger partial charge in [0.25, 0.3) is 5.91 Å². The molecule has 5 nitrogen and oxygen atoms in total. The molecule has 0 aromatic heterocycles. The van der Waals surface area contributed by atoms with Crippen LogP contribution in [0.3, 0.4) is 0 Å². The maximum atomic E-state index is 12.4. The summed E-state index contributed by atoms with van der Waals surface area (Å²) in [6, 6.07) is 11.8. The van der Waals surface area contributed by atoms with Gasteiger partial charge in [0.05, 0.1) is 17.1 Å². The molecule has 0 saturated carbocycles. The highest BCUT2D eigenvalue weighted by Crippen LogP contribution is 2.26. The Balaban J connectivity index is 1.88. The summed E-state index contributed by atoms with van der Waals surface area (Å²) in [6.45, 7) is -0.542. The highest BCUT2D eigenvalue weighted by Gasteiger charge is 2.31. The molecule has 0 atom stereocenters. The van der Waals surface area contributed by atoms with Crippen LogP contribution in [0.4, 0.5) is 13.2 Å². The average molecular weight is 387 g/mol. The zero-order valence-corrected chi connectivity index (χ0v) is 14.0.